The molecule has 2 nitrogen and oxygen atoms in total. The first kappa shape index (κ1) is 12.7. The molecule has 0 radical (unpaired) electrons. The highest BCUT2D eigenvalue weighted by atomic mass is 79.9. The molecular weight excluding hydrogens is 276 g/mol. The smallest absolute Gasteiger partial charge is 0.306 e. The number of rotatable bonds is 5. The second-order valence-corrected chi connectivity index (χ2v) is 6.01. The van der Waals surface area contributed by atoms with Crippen molar-refractivity contribution < 1.29 is 9.90 Å². The Labute approximate surface area is 102 Å². The van der Waals surface area contributed by atoms with E-state index in [0.717, 1.165) is 15.8 Å². The average molecular weight is 291 g/mol. The van der Waals surface area contributed by atoms with Crippen molar-refractivity contribution in [3.8, 4) is 0 Å². The van der Waals surface area contributed by atoms with E-state index in [4.69, 9.17) is 5.11 Å². The largest absolute Gasteiger partial charge is 0.481 e. The molecule has 0 aliphatic heterocycles. The number of hydrogen-bond donors (Lipinski definition) is 1. The maximum atomic E-state index is 11.0. The molecule has 1 aromatic rings. The topological polar surface area (TPSA) is 37.3 Å². The molecule has 1 N–H and O–H groups in total. The van der Waals surface area contributed by atoms with Gasteiger partial charge in [0.15, 0.2) is 0 Å². The van der Waals surface area contributed by atoms with Gasteiger partial charge >= 0.3 is 5.97 Å². The third-order valence-corrected chi connectivity index (χ3v) is 3.89. The molecule has 4 heteroatoms. The van der Waals surface area contributed by atoms with Gasteiger partial charge in [0.25, 0.3) is 0 Å². The molecule has 1 atom stereocenters. The van der Waals surface area contributed by atoms with Crippen LogP contribution in [0.4, 0.5) is 0 Å². The van der Waals surface area contributed by atoms with Gasteiger partial charge in [-0.05, 0) is 40.8 Å². The Hall–Kier alpha value is -0.350. The second kappa shape index (κ2) is 5.66. The first-order chi connectivity index (χ1) is 6.99. The third-order valence-electron chi connectivity index (χ3n) is 2.17. The Morgan fingerprint density at radius 1 is 1.60 bits per heavy atom. The van der Waals surface area contributed by atoms with E-state index < -0.39 is 5.97 Å². The lowest BCUT2D eigenvalue weighted by Crippen LogP contribution is -2.18. The molecule has 0 aliphatic rings. The van der Waals surface area contributed by atoms with Crippen molar-refractivity contribution in [2.45, 2.75) is 26.7 Å². The summed E-state index contributed by atoms with van der Waals surface area (Å²) in [6, 6.07) is 2.00. The van der Waals surface area contributed by atoms with Crippen LogP contribution in [0.5, 0.6) is 0 Å². The molecule has 84 valence electrons. The minimum absolute atomic E-state index is 0.254. The summed E-state index contributed by atoms with van der Waals surface area (Å²) >= 11 is 4.99. The van der Waals surface area contributed by atoms with Crippen LogP contribution < -0.4 is 0 Å². The number of thiophene rings is 1. The zero-order valence-electron chi connectivity index (χ0n) is 8.87. The van der Waals surface area contributed by atoms with E-state index in [1.165, 1.54) is 0 Å². The molecule has 0 saturated heterocycles. The molecule has 0 saturated carbocycles. The van der Waals surface area contributed by atoms with Crippen LogP contribution in [-0.4, -0.2) is 11.1 Å². The van der Waals surface area contributed by atoms with Gasteiger partial charge in [0, 0.05) is 14.7 Å². The summed E-state index contributed by atoms with van der Waals surface area (Å²) in [6.07, 6.45) is 1.38. The summed E-state index contributed by atoms with van der Waals surface area (Å²) in [5, 5.41) is 11.1. The molecule has 0 amide bonds. The van der Waals surface area contributed by atoms with Crippen LogP contribution >= 0.6 is 27.3 Å². The lowest BCUT2D eigenvalue weighted by atomic mass is 9.94. The molecule has 15 heavy (non-hydrogen) atoms. The summed E-state index contributed by atoms with van der Waals surface area (Å²) in [5.41, 5.74) is 0. The number of aliphatic carboxylic acids is 1. The fraction of sp³-hybridized carbons (Fsp3) is 0.545. The fourth-order valence-electron chi connectivity index (χ4n) is 1.54. The van der Waals surface area contributed by atoms with Crippen LogP contribution in [0.3, 0.4) is 0 Å². The molecule has 0 spiro atoms. The summed E-state index contributed by atoms with van der Waals surface area (Å²) in [4.78, 5) is 12.2. The van der Waals surface area contributed by atoms with Gasteiger partial charge in [0.2, 0.25) is 0 Å². The SMILES string of the molecule is CC(C)CC(Cc1cc(Br)cs1)C(=O)O. The lowest BCUT2D eigenvalue weighted by molar-refractivity contribution is -0.142. The number of hydrogen-bond acceptors (Lipinski definition) is 2. The van der Waals surface area contributed by atoms with Gasteiger partial charge in [0.1, 0.15) is 0 Å². The van der Waals surface area contributed by atoms with Gasteiger partial charge < -0.3 is 5.11 Å². The van der Waals surface area contributed by atoms with E-state index in [0.29, 0.717) is 12.3 Å². The molecule has 1 unspecified atom stereocenters. The van der Waals surface area contributed by atoms with Crippen molar-refractivity contribution in [2.75, 3.05) is 0 Å². The summed E-state index contributed by atoms with van der Waals surface area (Å²) < 4.78 is 1.04. The van der Waals surface area contributed by atoms with Gasteiger partial charge in [-0.3, -0.25) is 4.79 Å². The number of carboxylic acids is 1. The Morgan fingerprint density at radius 2 is 2.27 bits per heavy atom. The van der Waals surface area contributed by atoms with Crippen LogP contribution in [0.2, 0.25) is 0 Å². The van der Waals surface area contributed by atoms with Gasteiger partial charge in [0.05, 0.1) is 5.92 Å². The van der Waals surface area contributed by atoms with Crippen LogP contribution in [-0.2, 0) is 11.2 Å². The third kappa shape index (κ3) is 4.34. The highest BCUT2D eigenvalue weighted by molar-refractivity contribution is 9.10. The van der Waals surface area contributed by atoms with Crippen molar-refractivity contribution in [3.05, 3.63) is 20.8 Å². The summed E-state index contributed by atoms with van der Waals surface area (Å²) in [6.45, 7) is 4.11. The van der Waals surface area contributed by atoms with Gasteiger partial charge in [-0.15, -0.1) is 11.3 Å². The van der Waals surface area contributed by atoms with E-state index in [9.17, 15) is 4.79 Å². The zero-order valence-corrected chi connectivity index (χ0v) is 11.3. The van der Waals surface area contributed by atoms with E-state index in [2.05, 4.69) is 29.8 Å². The molecule has 1 heterocycles. The standard InChI is InChI=1S/C11H15BrO2S/c1-7(2)3-8(11(13)14)4-10-5-9(12)6-15-10/h5-8H,3-4H2,1-2H3,(H,13,14). The van der Waals surface area contributed by atoms with Gasteiger partial charge in [-0.25, -0.2) is 0 Å². The lowest BCUT2D eigenvalue weighted by Gasteiger charge is -2.13. The molecule has 0 bridgehead atoms. The van der Waals surface area contributed by atoms with Crippen molar-refractivity contribution in [2.24, 2.45) is 11.8 Å². The van der Waals surface area contributed by atoms with E-state index >= 15 is 0 Å². The second-order valence-electron chi connectivity index (χ2n) is 4.10. The number of carbonyl (C=O) groups is 1. The van der Waals surface area contributed by atoms with Gasteiger partial charge in [-0.2, -0.15) is 0 Å². The van der Waals surface area contributed by atoms with Crippen molar-refractivity contribution in [1.29, 1.82) is 0 Å². The molecular formula is C11H15BrO2S. The Bertz CT molecular complexity index is 333. The van der Waals surface area contributed by atoms with E-state index in [1.807, 2.05) is 11.4 Å². The monoisotopic (exact) mass is 290 g/mol. The predicted molar refractivity (Wildman–Crippen MR) is 66.3 cm³/mol. The van der Waals surface area contributed by atoms with Crippen LogP contribution in [0.15, 0.2) is 15.9 Å². The quantitative estimate of drug-likeness (QED) is 0.896. The molecule has 1 aromatic heterocycles. The predicted octanol–water partition coefficient (Wildman–Crippen LogP) is 3.80. The van der Waals surface area contributed by atoms with Crippen molar-refractivity contribution in [3.63, 3.8) is 0 Å². The minimum Gasteiger partial charge on any atom is -0.481 e. The highest BCUT2D eigenvalue weighted by Crippen LogP contribution is 2.25. The normalized spacial score (nSPS) is 13.1. The van der Waals surface area contributed by atoms with Crippen LogP contribution in [0.25, 0.3) is 0 Å². The Kier molecular flexibility index (Phi) is 4.80. The highest BCUT2D eigenvalue weighted by Gasteiger charge is 2.19. The first-order valence-corrected chi connectivity index (χ1v) is 6.62. The van der Waals surface area contributed by atoms with Crippen LogP contribution in [0, 0.1) is 11.8 Å². The Morgan fingerprint density at radius 3 is 2.67 bits per heavy atom. The fourth-order valence-corrected chi connectivity index (χ4v) is 3.08. The maximum Gasteiger partial charge on any atom is 0.306 e. The van der Waals surface area contributed by atoms with Gasteiger partial charge in [-0.1, -0.05) is 13.8 Å². The minimum atomic E-state index is -0.687. The molecule has 1 rings (SSSR count). The van der Waals surface area contributed by atoms with E-state index in [-0.39, 0.29) is 5.92 Å². The average Bonchev–Trinajstić information content (AvgIpc) is 2.49. The molecule has 0 aromatic carbocycles. The zero-order chi connectivity index (χ0) is 11.4. The van der Waals surface area contributed by atoms with E-state index in [1.54, 1.807) is 11.3 Å². The number of carboxylic acid groups (broad SMARTS) is 1. The summed E-state index contributed by atoms with van der Waals surface area (Å²) in [5.74, 6) is -0.515. The van der Waals surface area contributed by atoms with Crippen molar-refractivity contribution >= 4 is 33.2 Å². The Balaban J connectivity index is 2.62. The van der Waals surface area contributed by atoms with Crippen LogP contribution in [0.1, 0.15) is 25.1 Å². The molecule has 0 fully saturated rings. The molecule has 0 aliphatic carbocycles. The first-order valence-electron chi connectivity index (χ1n) is 4.94. The maximum absolute atomic E-state index is 11.0. The van der Waals surface area contributed by atoms with Crippen molar-refractivity contribution in [1.82, 2.24) is 0 Å². The summed E-state index contributed by atoms with van der Waals surface area (Å²) in [7, 11) is 0. The number of halogens is 1.